The Hall–Kier alpha value is -3.66. The number of benzene rings is 2. The molecule has 1 fully saturated rings. The van der Waals surface area contributed by atoms with Gasteiger partial charge in [0.2, 0.25) is 5.91 Å². The maximum atomic E-state index is 12.7. The molecule has 1 aliphatic heterocycles. The van der Waals surface area contributed by atoms with E-state index in [1.54, 1.807) is 58.3 Å². The molecule has 142 valence electrons. The van der Waals surface area contributed by atoms with Crippen LogP contribution in [0.15, 0.2) is 48.5 Å². The molecule has 2 aromatic rings. The van der Waals surface area contributed by atoms with Crippen molar-refractivity contribution in [3.8, 4) is 6.07 Å². The van der Waals surface area contributed by atoms with Crippen molar-refractivity contribution in [1.82, 2.24) is 9.80 Å². The number of amides is 3. The molecule has 3 rings (SSSR count). The lowest BCUT2D eigenvalue weighted by Crippen LogP contribution is -2.50. The van der Waals surface area contributed by atoms with Gasteiger partial charge in [0.1, 0.15) is 0 Å². The van der Waals surface area contributed by atoms with E-state index in [0.717, 1.165) is 0 Å². The summed E-state index contributed by atoms with van der Waals surface area (Å²) in [7, 11) is 0. The van der Waals surface area contributed by atoms with Gasteiger partial charge in [-0.05, 0) is 42.5 Å². The highest BCUT2D eigenvalue weighted by molar-refractivity contribution is 6.06. The van der Waals surface area contributed by atoms with Crippen molar-refractivity contribution in [3.05, 3.63) is 65.2 Å². The van der Waals surface area contributed by atoms with Crippen LogP contribution in [0.25, 0.3) is 0 Å². The van der Waals surface area contributed by atoms with Crippen molar-refractivity contribution in [2.45, 2.75) is 6.92 Å². The molecular formula is C21H20N4O3. The van der Waals surface area contributed by atoms with E-state index in [9.17, 15) is 14.4 Å². The van der Waals surface area contributed by atoms with Crippen LogP contribution < -0.4 is 5.32 Å². The van der Waals surface area contributed by atoms with Crippen LogP contribution in [0.5, 0.6) is 0 Å². The minimum Gasteiger partial charge on any atom is -0.339 e. The average Bonchev–Trinajstić information content (AvgIpc) is 2.74. The first kappa shape index (κ1) is 19.1. The number of anilines is 1. The Labute approximate surface area is 163 Å². The first-order valence-electron chi connectivity index (χ1n) is 8.94. The molecular weight excluding hydrogens is 356 g/mol. The zero-order valence-corrected chi connectivity index (χ0v) is 15.5. The smallest absolute Gasteiger partial charge is 0.255 e. The zero-order chi connectivity index (χ0) is 20.1. The van der Waals surface area contributed by atoms with Gasteiger partial charge in [-0.15, -0.1) is 0 Å². The van der Waals surface area contributed by atoms with Crippen molar-refractivity contribution in [3.63, 3.8) is 0 Å². The van der Waals surface area contributed by atoms with E-state index in [1.165, 1.54) is 6.92 Å². The van der Waals surface area contributed by atoms with Crippen LogP contribution in [0.4, 0.5) is 5.69 Å². The summed E-state index contributed by atoms with van der Waals surface area (Å²) >= 11 is 0. The van der Waals surface area contributed by atoms with Gasteiger partial charge in [-0.2, -0.15) is 5.26 Å². The molecule has 0 spiro atoms. The third-order valence-electron chi connectivity index (χ3n) is 4.66. The lowest BCUT2D eigenvalue weighted by molar-refractivity contribution is -0.130. The largest absolute Gasteiger partial charge is 0.339 e. The first-order chi connectivity index (χ1) is 13.5. The minimum absolute atomic E-state index is 0.00794. The molecule has 0 bridgehead atoms. The number of nitrogens with one attached hydrogen (secondary N) is 1. The van der Waals surface area contributed by atoms with Crippen molar-refractivity contribution in [2.24, 2.45) is 0 Å². The maximum absolute atomic E-state index is 12.7. The van der Waals surface area contributed by atoms with E-state index in [2.05, 4.69) is 5.32 Å². The Balaban J connectivity index is 1.67. The Bertz CT molecular complexity index is 939. The summed E-state index contributed by atoms with van der Waals surface area (Å²) in [6.07, 6.45) is 0. The van der Waals surface area contributed by atoms with Crippen LogP contribution in [0.3, 0.4) is 0 Å². The standard InChI is InChI=1S/C21H20N4O3/c1-15(26)24-9-11-25(12-10-24)21(28)18-4-2-3-17(13-18)20(27)23-19-7-5-16(14-22)6-8-19/h2-8,13H,9-12H2,1H3,(H,23,27). The van der Waals surface area contributed by atoms with Gasteiger partial charge in [0.15, 0.2) is 0 Å². The average molecular weight is 376 g/mol. The molecule has 0 radical (unpaired) electrons. The van der Waals surface area contributed by atoms with Gasteiger partial charge in [0, 0.05) is 49.9 Å². The van der Waals surface area contributed by atoms with Gasteiger partial charge in [-0.1, -0.05) is 6.07 Å². The van der Waals surface area contributed by atoms with Crippen molar-refractivity contribution < 1.29 is 14.4 Å². The van der Waals surface area contributed by atoms with Gasteiger partial charge in [0.25, 0.3) is 11.8 Å². The van der Waals surface area contributed by atoms with Crippen LogP contribution in [0.1, 0.15) is 33.2 Å². The molecule has 0 atom stereocenters. The van der Waals surface area contributed by atoms with Gasteiger partial charge in [0.05, 0.1) is 11.6 Å². The second-order valence-corrected chi connectivity index (χ2v) is 6.52. The van der Waals surface area contributed by atoms with Crippen molar-refractivity contribution >= 4 is 23.4 Å². The highest BCUT2D eigenvalue weighted by Gasteiger charge is 2.23. The third kappa shape index (κ3) is 4.35. The molecule has 0 unspecified atom stereocenters. The number of nitriles is 1. The van der Waals surface area contributed by atoms with Gasteiger partial charge in [-0.3, -0.25) is 14.4 Å². The van der Waals surface area contributed by atoms with Crippen LogP contribution in [0.2, 0.25) is 0 Å². The molecule has 1 saturated heterocycles. The van der Waals surface area contributed by atoms with E-state index in [0.29, 0.717) is 48.6 Å². The van der Waals surface area contributed by atoms with E-state index < -0.39 is 0 Å². The summed E-state index contributed by atoms with van der Waals surface area (Å²) < 4.78 is 0. The first-order valence-corrected chi connectivity index (χ1v) is 8.94. The Morgan fingerprint density at radius 1 is 0.929 bits per heavy atom. The number of nitrogens with zero attached hydrogens (tertiary/aromatic N) is 3. The Kier molecular flexibility index (Phi) is 5.70. The predicted molar refractivity (Wildman–Crippen MR) is 104 cm³/mol. The lowest BCUT2D eigenvalue weighted by Gasteiger charge is -2.34. The molecule has 7 nitrogen and oxygen atoms in total. The van der Waals surface area contributed by atoms with Gasteiger partial charge >= 0.3 is 0 Å². The molecule has 1 N–H and O–H groups in total. The number of rotatable bonds is 3. The van der Waals surface area contributed by atoms with Crippen LogP contribution in [-0.4, -0.2) is 53.7 Å². The summed E-state index contributed by atoms with van der Waals surface area (Å²) in [6.45, 7) is 3.49. The third-order valence-corrected chi connectivity index (χ3v) is 4.66. The minimum atomic E-state index is -0.333. The number of piperazine rings is 1. The molecule has 0 aliphatic carbocycles. The molecule has 1 heterocycles. The number of hydrogen-bond donors (Lipinski definition) is 1. The summed E-state index contributed by atoms with van der Waals surface area (Å²) in [6, 6.07) is 15.1. The van der Waals surface area contributed by atoms with Crippen molar-refractivity contribution in [2.75, 3.05) is 31.5 Å². The topological polar surface area (TPSA) is 93.5 Å². The lowest BCUT2D eigenvalue weighted by atomic mass is 10.1. The van der Waals surface area contributed by atoms with E-state index in [-0.39, 0.29) is 17.7 Å². The zero-order valence-electron chi connectivity index (χ0n) is 15.5. The quantitative estimate of drug-likeness (QED) is 0.888. The highest BCUT2D eigenvalue weighted by atomic mass is 16.2. The summed E-state index contributed by atoms with van der Waals surface area (Å²) in [4.78, 5) is 40.1. The fourth-order valence-corrected chi connectivity index (χ4v) is 3.03. The SMILES string of the molecule is CC(=O)N1CCN(C(=O)c2cccc(C(=O)Nc3ccc(C#N)cc3)c2)CC1. The van der Waals surface area contributed by atoms with Crippen molar-refractivity contribution in [1.29, 1.82) is 5.26 Å². The normalized spacial score (nSPS) is 13.6. The summed E-state index contributed by atoms with van der Waals surface area (Å²) in [5.41, 5.74) is 1.89. The molecule has 28 heavy (non-hydrogen) atoms. The number of carbonyl (C=O) groups excluding carboxylic acids is 3. The van der Waals surface area contributed by atoms with E-state index in [1.807, 2.05) is 6.07 Å². The second-order valence-electron chi connectivity index (χ2n) is 6.52. The second kappa shape index (κ2) is 8.35. The number of carbonyl (C=O) groups is 3. The molecule has 7 heteroatoms. The molecule has 3 amide bonds. The monoisotopic (exact) mass is 376 g/mol. The van der Waals surface area contributed by atoms with Crippen LogP contribution in [0, 0.1) is 11.3 Å². The van der Waals surface area contributed by atoms with E-state index >= 15 is 0 Å². The fourth-order valence-electron chi connectivity index (χ4n) is 3.03. The van der Waals surface area contributed by atoms with Gasteiger partial charge in [-0.25, -0.2) is 0 Å². The Morgan fingerprint density at radius 2 is 1.54 bits per heavy atom. The highest BCUT2D eigenvalue weighted by Crippen LogP contribution is 2.14. The maximum Gasteiger partial charge on any atom is 0.255 e. The number of hydrogen-bond acceptors (Lipinski definition) is 4. The molecule has 0 saturated carbocycles. The Morgan fingerprint density at radius 3 is 2.14 bits per heavy atom. The summed E-state index contributed by atoms with van der Waals surface area (Å²) in [5.74, 6) is -0.481. The molecule has 2 aromatic carbocycles. The fraction of sp³-hybridized carbons (Fsp3) is 0.238. The van der Waals surface area contributed by atoms with E-state index in [4.69, 9.17) is 5.26 Å². The van der Waals surface area contributed by atoms with Gasteiger partial charge < -0.3 is 15.1 Å². The van der Waals surface area contributed by atoms with Crippen LogP contribution in [-0.2, 0) is 4.79 Å². The molecule has 1 aliphatic rings. The van der Waals surface area contributed by atoms with Crippen LogP contribution >= 0.6 is 0 Å². The molecule has 0 aromatic heterocycles. The predicted octanol–water partition coefficient (Wildman–Crippen LogP) is 2.11. The summed E-state index contributed by atoms with van der Waals surface area (Å²) in [5, 5.41) is 11.6.